The van der Waals surface area contributed by atoms with Gasteiger partial charge in [-0.05, 0) is 45.6 Å². The second-order valence-corrected chi connectivity index (χ2v) is 8.93. The van der Waals surface area contributed by atoms with Crippen molar-refractivity contribution in [2.75, 3.05) is 37.6 Å². The molecule has 0 N–H and O–H groups in total. The zero-order valence-corrected chi connectivity index (χ0v) is 16.3. The predicted octanol–water partition coefficient (Wildman–Crippen LogP) is 3.60. The molecule has 0 amide bonds. The number of hydrogen-bond acceptors (Lipinski definition) is 5. The Morgan fingerprint density at radius 3 is 2.04 bits per heavy atom. The van der Waals surface area contributed by atoms with Gasteiger partial charge in [-0.2, -0.15) is 0 Å². The van der Waals surface area contributed by atoms with Crippen LogP contribution in [-0.4, -0.2) is 53.2 Å². The summed E-state index contributed by atoms with van der Waals surface area (Å²) in [5.74, 6) is 1.54. The average molecular weight is 335 g/mol. The maximum atomic E-state index is 5.78. The van der Waals surface area contributed by atoms with E-state index in [1.165, 1.54) is 19.4 Å². The molecule has 0 atom stereocenters. The van der Waals surface area contributed by atoms with Crippen LogP contribution in [0, 0.1) is 5.41 Å². The fourth-order valence-corrected chi connectivity index (χ4v) is 2.88. The van der Waals surface area contributed by atoms with E-state index in [0.717, 1.165) is 37.9 Å². The largest absolute Gasteiger partial charge is 0.485 e. The zero-order valence-electron chi connectivity index (χ0n) is 16.3. The highest BCUT2D eigenvalue weighted by Gasteiger charge is 2.20. The van der Waals surface area contributed by atoms with Crippen LogP contribution in [0.1, 0.15) is 54.4 Å². The van der Waals surface area contributed by atoms with E-state index in [0.29, 0.717) is 5.41 Å². The van der Waals surface area contributed by atoms with E-state index in [-0.39, 0.29) is 5.60 Å². The SMILES string of the molecule is CC(C)(C)CCCN1CCN(c2ncc(OC(C)(C)C)cn2)CC1. The van der Waals surface area contributed by atoms with E-state index in [9.17, 15) is 0 Å². The van der Waals surface area contributed by atoms with Crippen LogP contribution in [0.25, 0.3) is 0 Å². The van der Waals surface area contributed by atoms with Gasteiger partial charge in [0, 0.05) is 26.2 Å². The summed E-state index contributed by atoms with van der Waals surface area (Å²) in [5.41, 5.74) is 0.218. The normalized spacial score (nSPS) is 17.2. The standard InChI is InChI=1S/C19H34N4O/c1-18(2,3)8-7-9-22-10-12-23(13-11-22)17-20-14-16(15-21-17)24-19(4,5)6/h14-15H,7-13H2,1-6H3. The second-order valence-electron chi connectivity index (χ2n) is 8.93. The van der Waals surface area contributed by atoms with E-state index in [1.54, 1.807) is 12.4 Å². The minimum absolute atomic E-state index is 0.219. The number of anilines is 1. The van der Waals surface area contributed by atoms with Crippen LogP contribution in [-0.2, 0) is 0 Å². The Morgan fingerprint density at radius 1 is 0.958 bits per heavy atom. The Balaban J connectivity index is 1.78. The van der Waals surface area contributed by atoms with Crippen molar-refractivity contribution in [3.63, 3.8) is 0 Å². The molecule has 1 aromatic heterocycles. The van der Waals surface area contributed by atoms with Crippen molar-refractivity contribution in [1.29, 1.82) is 0 Å². The molecule has 0 aromatic carbocycles. The van der Waals surface area contributed by atoms with Crippen LogP contribution in [0.4, 0.5) is 5.95 Å². The van der Waals surface area contributed by atoms with Gasteiger partial charge in [0.25, 0.3) is 0 Å². The van der Waals surface area contributed by atoms with E-state index >= 15 is 0 Å². The topological polar surface area (TPSA) is 41.5 Å². The van der Waals surface area contributed by atoms with Crippen molar-refractivity contribution in [3.05, 3.63) is 12.4 Å². The van der Waals surface area contributed by atoms with E-state index in [2.05, 4.69) is 40.5 Å². The molecule has 5 heteroatoms. The minimum atomic E-state index is -0.219. The Morgan fingerprint density at radius 2 is 1.54 bits per heavy atom. The van der Waals surface area contributed by atoms with Crippen LogP contribution in [0.15, 0.2) is 12.4 Å². The summed E-state index contributed by atoms with van der Waals surface area (Å²) in [6.45, 7) is 18.4. The van der Waals surface area contributed by atoms with Crippen molar-refractivity contribution in [2.24, 2.45) is 5.41 Å². The Hall–Kier alpha value is -1.36. The third-order valence-corrected chi connectivity index (χ3v) is 4.09. The summed E-state index contributed by atoms with van der Waals surface area (Å²) < 4.78 is 5.78. The molecule has 0 saturated carbocycles. The molecule has 0 bridgehead atoms. The molecular formula is C19H34N4O. The lowest BCUT2D eigenvalue weighted by atomic mass is 9.90. The highest BCUT2D eigenvalue weighted by Crippen LogP contribution is 2.21. The first-order valence-electron chi connectivity index (χ1n) is 9.11. The van der Waals surface area contributed by atoms with Gasteiger partial charge in [-0.25, -0.2) is 9.97 Å². The first-order valence-corrected chi connectivity index (χ1v) is 9.11. The number of ether oxygens (including phenoxy) is 1. The lowest BCUT2D eigenvalue weighted by molar-refractivity contribution is 0.129. The third-order valence-electron chi connectivity index (χ3n) is 4.09. The summed E-state index contributed by atoms with van der Waals surface area (Å²) in [7, 11) is 0. The van der Waals surface area contributed by atoms with E-state index < -0.39 is 0 Å². The number of rotatable bonds is 5. The number of piperazine rings is 1. The Kier molecular flexibility index (Phi) is 6.07. The van der Waals surface area contributed by atoms with Crippen LogP contribution < -0.4 is 9.64 Å². The van der Waals surface area contributed by atoms with Gasteiger partial charge in [-0.1, -0.05) is 20.8 Å². The van der Waals surface area contributed by atoms with Crippen LogP contribution in [0.5, 0.6) is 5.75 Å². The molecule has 1 aromatic rings. The highest BCUT2D eigenvalue weighted by atomic mass is 16.5. The van der Waals surface area contributed by atoms with Gasteiger partial charge in [-0.3, -0.25) is 4.90 Å². The molecule has 24 heavy (non-hydrogen) atoms. The molecule has 1 aliphatic heterocycles. The van der Waals surface area contributed by atoms with Gasteiger partial charge in [0.1, 0.15) is 5.60 Å². The third kappa shape index (κ3) is 6.63. The molecule has 1 saturated heterocycles. The molecule has 1 aliphatic rings. The van der Waals surface area contributed by atoms with Gasteiger partial charge in [0.05, 0.1) is 12.4 Å². The molecule has 0 radical (unpaired) electrons. The van der Waals surface area contributed by atoms with Crippen molar-refractivity contribution in [2.45, 2.75) is 60.0 Å². The molecule has 0 spiro atoms. The molecule has 1 fully saturated rings. The summed E-state index contributed by atoms with van der Waals surface area (Å²) in [6.07, 6.45) is 6.12. The lowest BCUT2D eigenvalue weighted by Crippen LogP contribution is -2.47. The van der Waals surface area contributed by atoms with Gasteiger partial charge >= 0.3 is 0 Å². The van der Waals surface area contributed by atoms with Crippen molar-refractivity contribution >= 4 is 5.95 Å². The quantitative estimate of drug-likeness (QED) is 0.823. The molecule has 0 aliphatic carbocycles. The first kappa shape index (κ1) is 19.0. The summed E-state index contributed by atoms with van der Waals surface area (Å²) in [4.78, 5) is 13.8. The Bertz CT molecular complexity index is 494. The molecule has 2 rings (SSSR count). The summed E-state index contributed by atoms with van der Waals surface area (Å²) in [5, 5.41) is 0. The second kappa shape index (κ2) is 7.68. The monoisotopic (exact) mass is 334 g/mol. The van der Waals surface area contributed by atoms with Crippen LogP contribution >= 0.6 is 0 Å². The van der Waals surface area contributed by atoms with E-state index in [4.69, 9.17) is 4.74 Å². The molecular weight excluding hydrogens is 300 g/mol. The van der Waals surface area contributed by atoms with Gasteiger partial charge in [0.15, 0.2) is 5.75 Å². The smallest absolute Gasteiger partial charge is 0.225 e. The van der Waals surface area contributed by atoms with Gasteiger partial charge in [0.2, 0.25) is 5.95 Å². The first-order chi connectivity index (χ1) is 11.1. The number of aromatic nitrogens is 2. The molecule has 0 unspecified atom stereocenters. The van der Waals surface area contributed by atoms with Gasteiger partial charge in [-0.15, -0.1) is 0 Å². The van der Waals surface area contributed by atoms with Crippen molar-refractivity contribution < 1.29 is 4.74 Å². The highest BCUT2D eigenvalue weighted by molar-refractivity contribution is 5.32. The summed E-state index contributed by atoms with van der Waals surface area (Å²) >= 11 is 0. The molecule has 5 nitrogen and oxygen atoms in total. The zero-order chi connectivity index (χ0) is 17.8. The number of nitrogens with zero attached hydrogens (tertiary/aromatic N) is 4. The minimum Gasteiger partial charge on any atom is -0.485 e. The molecule has 136 valence electrons. The van der Waals surface area contributed by atoms with Crippen molar-refractivity contribution in [3.8, 4) is 5.75 Å². The average Bonchev–Trinajstić information content (AvgIpc) is 2.46. The number of hydrogen-bond donors (Lipinski definition) is 0. The molecule has 2 heterocycles. The van der Waals surface area contributed by atoms with Crippen molar-refractivity contribution in [1.82, 2.24) is 14.9 Å². The Labute approximate surface area is 147 Å². The van der Waals surface area contributed by atoms with E-state index in [1.807, 2.05) is 20.8 Å². The predicted molar refractivity (Wildman–Crippen MR) is 99.8 cm³/mol. The summed E-state index contributed by atoms with van der Waals surface area (Å²) in [6, 6.07) is 0. The fraction of sp³-hybridized carbons (Fsp3) is 0.789. The maximum absolute atomic E-state index is 5.78. The lowest BCUT2D eigenvalue weighted by Gasteiger charge is -2.35. The van der Waals surface area contributed by atoms with Crippen LogP contribution in [0.3, 0.4) is 0 Å². The fourth-order valence-electron chi connectivity index (χ4n) is 2.88. The van der Waals surface area contributed by atoms with Crippen LogP contribution in [0.2, 0.25) is 0 Å². The maximum Gasteiger partial charge on any atom is 0.225 e. The van der Waals surface area contributed by atoms with Gasteiger partial charge < -0.3 is 9.64 Å².